The van der Waals surface area contributed by atoms with Crippen molar-refractivity contribution in [2.24, 2.45) is 0 Å². The van der Waals surface area contributed by atoms with Crippen molar-refractivity contribution in [2.75, 3.05) is 42.4 Å². The third-order valence-corrected chi connectivity index (χ3v) is 7.80. The Balaban J connectivity index is 1.40. The number of hydrogen-bond acceptors (Lipinski definition) is 8. The summed E-state index contributed by atoms with van der Waals surface area (Å²) >= 11 is 0. The van der Waals surface area contributed by atoms with Crippen LogP contribution in [0.4, 0.5) is 23.1 Å². The van der Waals surface area contributed by atoms with Gasteiger partial charge in [0.2, 0.25) is 11.9 Å². The van der Waals surface area contributed by atoms with Crippen molar-refractivity contribution in [3.63, 3.8) is 0 Å². The number of amides is 2. The molecule has 198 valence electrons. The van der Waals surface area contributed by atoms with Crippen LogP contribution in [0.5, 0.6) is 5.75 Å². The summed E-state index contributed by atoms with van der Waals surface area (Å²) < 4.78 is 5.61. The van der Waals surface area contributed by atoms with E-state index in [1.54, 1.807) is 37.4 Å². The van der Waals surface area contributed by atoms with Gasteiger partial charge in [-0.2, -0.15) is 4.98 Å². The van der Waals surface area contributed by atoms with Gasteiger partial charge in [0, 0.05) is 24.7 Å². The number of rotatable bonds is 7. The van der Waals surface area contributed by atoms with E-state index in [0.717, 1.165) is 56.7 Å². The van der Waals surface area contributed by atoms with Crippen molar-refractivity contribution >= 4 is 35.0 Å². The van der Waals surface area contributed by atoms with Crippen LogP contribution in [0.3, 0.4) is 0 Å². The molecule has 0 radical (unpaired) electrons. The number of hydrogen-bond donors (Lipinski definition) is 3. The average Bonchev–Trinajstić information content (AvgIpc) is 3.46. The molecule has 5 rings (SSSR count). The van der Waals surface area contributed by atoms with E-state index in [1.807, 2.05) is 6.07 Å². The van der Waals surface area contributed by atoms with Crippen molar-refractivity contribution in [1.82, 2.24) is 20.6 Å². The number of nitrogens with one attached hydrogen (secondary N) is 3. The number of likely N-dealkylation sites (N-methyl/N-ethyl adjacent to an activating group) is 1. The Morgan fingerprint density at radius 2 is 1.95 bits per heavy atom. The predicted octanol–water partition coefficient (Wildman–Crippen LogP) is 3.21. The van der Waals surface area contributed by atoms with Gasteiger partial charge in [-0.25, -0.2) is 4.98 Å². The number of nitrogens with zero attached hydrogens (tertiary/aromatic N) is 4. The van der Waals surface area contributed by atoms with Crippen molar-refractivity contribution in [2.45, 2.75) is 70.0 Å². The van der Waals surface area contributed by atoms with Gasteiger partial charge in [-0.1, -0.05) is 19.8 Å². The topological polar surface area (TPSA) is 112 Å². The van der Waals surface area contributed by atoms with E-state index in [-0.39, 0.29) is 23.9 Å². The first kappa shape index (κ1) is 25.3. The van der Waals surface area contributed by atoms with Crippen molar-refractivity contribution in [3.05, 3.63) is 30.0 Å². The molecule has 1 saturated carbocycles. The second-order valence-corrected chi connectivity index (χ2v) is 10.1. The van der Waals surface area contributed by atoms with E-state index in [1.165, 1.54) is 12.8 Å². The summed E-state index contributed by atoms with van der Waals surface area (Å²) in [6, 6.07) is 5.59. The van der Waals surface area contributed by atoms with Gasteiger partial charge in [0.05, 0.1) is 19.0 Å². The van der Waals surface area contributed by atoms with Crippen molar-refractivity contribution in [1.29, 1.82) is 0 Å². The zero-order chi connectivity index (χ0) is 25.9. The summed E-state index contributed by atoms with van der Waals surface area (Å²) in [6.07, 6.45) is 8.75. The van der Waals surface area contributed by atoms with Crippen LogP contribution < -0.4 is 30.5 Å². The second kappa shape index (κ2) is 10.9. The van der Waals surface area contributed by atoms with Crippen LogP contribution in [0, 0.1) is 0 Å². The molecule has 10 heteroatoms. The highest BCUT2D eigenvalue weighted by atomic mass is 16.5. The molecular weight excluding hydrogens is 470 g/mol. The molecule has 1 unspecified atom stereocenters. The Bertz CT molecular complexity index is 1140. The Kier molecular flexibility index (Phi) is 7.45. The SMILES string of the molecule is CCC1C(=O)N(C)c2cnc(Nc3ccc(C(=O)NC4CCNCC4)cc3OC)nc2N1C1CCCC1. The second-order valence-electron chi connectivity index (χ2n) is 10.1. The molecule has 2 aromatic rings. The summed E-state index contributed by atoms with van der Waals surface area (Å²) in [5.41, 5.74) is 1.94. The van der Waals surface area contributed by atoms with Gasteiger partial charge < -0.3 is 30.5 Å². The molecule has 2 aliphatic heterocycles. The van der Waals surface area contributed by atoms with Crippen LogP contribution in [0.2, 0.25) is 0 Å². The number of carbonyl (C=O) groups excluding carboxylic acids is 2. The first-order valence-corrected chi connectivity index (χ1v) is 13.4. The third-order valence-electron chi connectivity index (χ3n) is 7.80. The molecule has 1 aromatic carbocycles. The molecule has 0 bridgehead atoms. The molecule has 3 heterocycles. The van der Waals surface area contributed by atoms with E-state index in [9.17, 15) is 9.59 Å². The molecule has 1 aliphatic carbocycles. The third kappa shape index (κ3) is 5.07. The van der Waals surface area contributed by atoms with E-state index in [4.69, 9.17) is 9.72 Å². The smallest absolute Gasteiger partial charge is 0.251 e. The molecule has 1 atom stereocenters. The number of aromatic nitrogens is 2. The fraction of sp³-hybridized carbons (Fsp3) is 0.556. The maximum absolute atomic E-state index is 13.1. The standard InChI is InChI=1S/C27H37N7O3/c1-4-21-26(36)33(2)22-16-29-27(32-24(22)34(21)19-7-5-6-8-19)31-20-10-9-17(15-23(20)37-3)25(35)30-18-11-13-28-14-12-18/h9-10,15-16,18-19,21,28H,4-8,11-14H2,1-3H3,(H,30,35)(H,29,31,32). The number of benzene rings is 1. The van der Waals surface area contributed by atoms with E-state index in [0.29, 0.717) is 29.0 Å². The highest BCUT2D eigenvalue weighted by Crippen LogP contribution is 2.40. The lowest BCUT2D eigenvalue weighted by Crippen LogP contribution is -2.55. The van der Waals surface area contributed by atoms with Crippen LogP contribution in [0.1, 0.15) is 62.2 Å². The largest absolute Gasteiger partial charge is 0.495 e. The first-order chi connectivity index (χ1) is 18.0. The van der Waals surface area contributed by atoms with Crippen LogP contribution in [-0.4, -0.2) is 67.2 Å². The van der Waals surface area contributed by atoms with Crippen molar-refractivity contribution < 1.29 is 14.3 Å². The Labute approximate surface area is 218 Å². The van der Waals surface area contributed by atoms with Crippen LogP contribution in [0.15, 0.2) is 24.4 Å². The minimum atomic E-state index is -0.226. The van der Waals surface area contributed by atoms with Crippen LogP contribution >= 0.6 is 0 Å². The molecule has 2 fully saturated rings. The molecule has 1 aromatic heterocycles. The number of ether oxygens (including phenoxy) is 1. The normalized spacial score (nSPS) is 20.6. The van der Waals surface area contributed by atoms with Gasteiger partial charge in [-0.3, -0.25) is 9.59 Å². The zero-order valence-electron chi connectivity index (χ0n) is 21.9. The molecule has 3 aliphatic rings. The predicted molar refractivity (Wildman–Crippen MR) is 144 cm³/mol. The van der Waals surface area contributed by atoms with Gasteiger partial charge in [0.1, 0.15) is 17.5 Å². The molecule has 0 spiro atoms. The number of fused-ring (bicyclic) bond motifs is 1. The van der Waals surface area contributed by atoms with Gasteiger partial charge in [0.25, 0.3) is 5.91 Å². The van der Waals surface area contributed by atoms with E-state index >= 15 is 0 Å². The molecule has 2 amide bonds. The monoisotopic (exact) mass is 507 g/mol. The summed E-state index contributed by atoms with van der Waals surface area (Å²) in [4.78, 5) is 39.2. The minimum Gasteiger partial charge on any atom is -0.495 e. The molecule has 3 N–H and O–H groups in total. The maximum atomic E-state index is 13.1. The lowest BCUT2D eigenvalue weighted by molar-refractivity contribution is -0.120. The maximum Gasteiger partial charge on any atom is 0.251 e. The van der Waals surface area contributed by atoms with E-state index in [2.05, 4.69) is 32.8 Å². The van der Waals surface area contributed by atoms with Gasteiger partial charge in [-0.15, -0.1) is 0 Å². The van der Waals surface area contributed by atoms with Gasteiger partial charge in [-0.05, 0) is 63.4 Å². The fourth-order valence-corrected chi connectivity index (χ4v) is 5.73. The molecule has 1 saturated heterocycles. The Hall–Kier alpha value is -3.40. The van der Waals surface area contributed by atoms with Crippen LogP contribution in [0.25, 0.3) is 0 Å². The highest BCUT2D eigenvalue weighted by Gasteiger charge is 2.41. The van der Waals surface area contributed by atoms with Gasteiger partial charge >= 0.3 is 0 Å². The number of carbonyl (C=O) groups is 2. The average molecular weight is 508 g/mol. The zero-order valence-corrected chi connectivity index (χ0v) is 21.9. The molecule has 37 heavy (non-hydrogen) atoms. The van der Waals surface area contributed by atoms with E-state index < -0.39 is 0 Å². The summed E-state index contributed by atoms with van der Waals surface area (Å²) in [7, 11) is 3.37. The quantitative estimate of drug-likeness (QED) is 0.524. The lowest BCUT2D eigenvalue weighted by Gasteiger charge is -2.43. The highest BCUT2D eigenvalue weighted by molar-refractivity contribution is 6.04. The Morgan fingerprint density at radius 3 is 2.65 bits per heavy atom. The van der Waals surface area contributed by atoms with Crippen LogP contribution in [-0.2, 0) is 4.79 Å². The first-order valence-electron chi connectivity index (χ1n) is 13.4. The number of piperidine rings is 1. The fourth-order valence-electron chi connectivity index (χ4n) is 5.73. The molecule has 10 nitrogen and oxygen atoms in total. The summed E-state index contributed by atoms with van der Waals surface area (Å²) in [5.74, 6) is 1.73. The lowest BCUT2D eigenvalue weighted by atomic mass is 10.0. The number of anilines is 4. The van der Waals surface area contributed by atoms with Crippen molar-refractivity contribution in [3.8, 4) is 5.75 Å². The molecular formula is C27H37N7O3. The van der Waals surface area contributed by atoms with Gasteiger partial charge in [0.15, 0.2) is 5.82 Å². The number of methoxy groups -OCH3 is 1. The summed E-state index contributed by atoms with van der Waals surface area (Å²) in [6.45, 7) is 3.88. The minimum absolute atomic E-state index is 0.0891. The Morgan fingerprint density at radius 1 is 1.19 bits per heavy atom. The summed E-state index contributed by atoms with van der Waals surface area (Å²) in [5, 5.41) is 9.71.